The molecule has 0 bridgehead atoms. The normalized spacial score (nSPS) is 15.2. The van der Waals surface area contributed by atoms with Crippen molar-refractivity contribution in [2.75, 3.05) is 13.1 Å². The van der Waals surface area contributed by atoms with Crippen LogP contribution in [0.2, 0.25) is 0 Å². The van der Waals surface area contributed by atoms with Gasteiger partial charge in [0.1, 0.15) is 11.9 Å². The molecule has 1 aliphatic rings. The summed E-state index contributed by atoms with van der Waals surface area (Å²) in [6, 6.07) is 11.6. The number of carboxylic acids is 1. The molecule has 1 fully saturated rings. The zero-order valence-corrected chi connectivity index (χ0v) is 18.4. The fourth-order valence-electron chi connectivity index (χ4n) is 3.63. The number of hydrogen-bond donors (Lipinski definition) is 3. The van der Waals surface area contributed by atoms with Crippen LogP contribution in [0.15, 0.2) is 55.0 Å². The molecule has 3 N–H and O–H groups in total. The lowest BCUT2D eigenvalue weighted by atomic mass is 9.96. The van der Waals surface area contributed by atoms with E-state index in [-0.39, 0.29) is 12.1 Å². The molecule has 34 heavy (non-hydrogen) atoms. The number of imidazole rings is 1. The highest BCUT2D eigenvalue weighted by molar-refractivity contribution is 5.75. The summed E-state index contributed by atoms with van der Waals surface area (Å²) in [5.74, 6) is -1.34. The van der Waals surface area contributed by atoms with Crippen molar-refractivity contribution in [3.05, 3.63) is 72.1 Å². The number of benzene rings is 1. The van der Waals surface area contributed by atoms with Crippen molar-refractivity contribution in [3.8, 4) is 0 Å². The number of urea groups is 1. The van der Waals surface area contributed by atoms with E-state index in [0.717, 1.165) is 43.0 Å². The topological polar surface area (TPSA) is 116 Å². The zero-order chi connectivity index (χ0) is 24.7. The van der Waals surface area contributed by atoms with Gasteiger partial charge in [0.25, 0.3) is 0 Å². The monoisotopic (exact) mass is 478 g/mol. The molecular weight excluding hydrogens is 453 g/mol. The lowest BCUT2D eigenvalue weighted by Gasteiger charge is -2.32. The van der Waals surface area contributed by atoms with E-state index in [1.165, 1.54) is 0 Å². The first-order valence-corrected chi connectivity index (χ1v) is 10.5. The molecule has 4 rings (SSSR count). The Kier molecular flexibility index (Phi) is 7.92. The average Bonchev–Trinajstić information content (AvgIpc) is 3.50. The minimum absolute atomic E-state index is 0.0487. The fourth-order valence-corrected chi connectivity index (χ4v) is 3.63. The van der Waals surface area contributed by atoms with Gasteiger partial charge in [-0.05, 0) is 24.5 Å². The number of nitrogens with one attached hydrogen (secondary N) is 2. The van der Waals surface area contributed by atoms with Crippen molar-refractivity contribution in [2.24, 2.45) is 7.05 Å². The van der Waals surface area contributed by atoms with Crippen molar-refractivity contribution >= 4 is 12.0 Å². The number of carbonyl (C=O) groups excluding carboxylic acids is 1. The number of amides is 2. The average molecular weight is 478 g/mol. The zero-order valence-electron chi connectivity index (χ0n) is 18.4. The predicted octanol–water partition coefficient (Wildman–Crippen LogP) is 3.46. The van der Waals surface area contributed by atoms with Crippen LogP contribution in [0.1, 0.15) is 41.9 Å². The molecule has 0 radical (unpaired) electrons. The highest BCUT2D eigenvalue weighted by atomic mass is 19.4. The summed E-state index contributed by atoms with van der Waals surface area (Å²) in [7, 11) is 1.88. The Balaban J connectivity index is 0.000000406. The number of hydrogen-bond acceptors (Lipinski definition) is 4. The number of carbonyl (C=O) groups is 2. The van der Waals surface area contributed by atoms with E-state index >= 15 is 0 Å². The van der Waals surface area contributed by atoms with Gasteiger partial charge in [-0.1, -0.05) is 30.3 Å². The summed E-state index contributed by atoms with van der Waals surface area (Å²) in [5, 5.41) is 14.8. The second-order valence-corrected chi connectivity index (χ2v) is 7.75. The molecule has 1 saturated heterocycles. The van der Waals surface area contributed by atoms with Crippen LogP contribution in [0.3, 0.4) is 0 Å². The standard InChI is InChI=1S/C20H24N6O.C2HF3O2/c1-25-12-9-17(24-25)18(15-5-3-2-4-6-15)23-20(27)26-13-7-16(8-14-26)19-21-10-11-22-19;3-2(4,5)1(6)7/h2-6,9-12,16,18H,7-8,13-14H2,1H3,(H,21,22)(H,23,27);(H,6,7). The molecular formula is C22H25F3N6O3. The van der Waals surface area contributed by atoms with E-state index in [1.54, 1.807) is 10.9 Å². The highest BCUT2D eigenvalue weighted by Gasteiger charge is 2.38. The molecule has 1 aromatic carbocycles. The summed E-state index contributed by atoms with van der Waals surface area (Å²) < 4.78 is 33.5. The summed E-state index contributed by atoms with van der Waals surface area (Å²) in [6.45, 7) is 1.45. The van der Waals surface area contributed by atoms with Crippen LogP contribution in [0.25, 0.3) is 0 Å². The molecule has 3 aromatic rings. The Labute approximate surface area is 193 Å². The Morgan fingerprint density at radius 1 is 1.18 bits per heavy atom. The number of halogens is 3. The van der Waals surface area contributed by atoms with E-state index in [9.17, 15) is 18.0 Å². The lowest BCUT2D eigenvalue weighted by Crippen LogP contribution is -2.45. The number of aliphatic carboxylic acids is 1. The highest BCUT2D eigenvalue weighted by Crippen LogP contribution is 2.26. The molecule has 1 aliphatic heterocycles. The Morgan fingerprint density at radius 3 is 2.32 bits per heavy atom. The van der Waals surface area contributed by atoms with Gasteiger partial charge in [0.05, 0.1) is 5.69 Å². The molecule has 12 heteroatoms. The molecule has 0 spiro atoms. The van der Waals surface area contributed by atoms with Crippen molar-refractivity contribution in [1.82, 2.24) is 30.0 Å². The number of likely N-dealkylation sites (tertiary alicyclic amines) is 1. The van der Waals surface area contributed by atoms with E-state index in [1.807, 2.05) is 60.7 Å². The Bertz CT molecular complexity index is 1060. The van der Waals surface area contributed by atoms with Crippen LogP contribution in [0, 0.1) is 0 Å². The van der Waals surface area contributed by atoms with Gasteiger partial charge in [-0.3, -0.25) is 4.68 Å². The first kappa shape index (κ1) is 24.8. The number of H-pyrrole nitrogens is 1. The Hall–Kier alpha value is -3.83. The van der Waals surface area contributed by atoms with Crippen molar-refractivity contribution in [3.63, 3.8) is 0 Å². The summed E-state index contributed by atoms with van der Waals surface area (Å²) in [5.41, 5.74) is 1.86. The van der Waals surface area contributed by atoms with Crippen molar-refractivity contribution in [1.29, 1.82) is 0 Å². The van der Waals surface area contributed by atoms with Crippen LogP contribution >= 0.6 is 0 Å². The van der Waals surface area contributed by atoms with Crippen LogP contribution in [-0.2, 0) is 11.8 Å². The van der Waals surface area contributed by atoms with E-state index in [4.69, 9.17) is 9.90 Å². The van der Waals surface area contributed by atoms with Gasteiger partial charge < -0.3 is 20.3 Å². The number of nitrogens with zero attached hydrogens (tertiary/aromatic N) is 4. The number of aryl methyl sites for hydroxylation is 1. The van der Waals surface area contributed by atoms with E-state index in [0.29, 0.717) is 5.92 Å². The fraction of sp³-hybridized carbons (Fsp3) is 0.364. The smallest absolute Gasteiger partial charge is 0.475 e. The summed E-state index contributed by atoms with van der Waals surface area (Å²) in [4.78, 5) is 31.2. The molecule has 0 saturated carbocycles. The molecule has 2 aromatic heterocycles. The SMILES string of the molecule is Cn1ccc(C(NC(=O)N2CCC(c3ncc[nH]3)CC2)c2ccccc2)n1.O=C(O)C(F)(F)F. The number of aromatic nitrogens is 4. The predicted molar refractivity (Wildman–Crippen MR) is 116 cm³/mol. The largest absolute Gasteiger partial charge is 0.490 e. The van der Waals surface area contributed by atoms with Gasteiger partial charge in [0, 0.05) is 44.6 Å². The molecule has 182 valence electrons. The quantitative estimate of drug-likeness (QED) is 0.531. The Morgan fingerprint density at radius 2 is 1.82 bits per heavy atom. The number of carboxylic acid groups (broad SMARTS) is 1. The molecule has 3 heterocycles. The van der Waals surface area contributed by atoms with Gasteiger partial charge in [-0.2, -0.15) is 18.3 Å². The third kappa shape index (κ3) is 6.59. The second kappa shape index (κ2) is 10.9. The third-order valence-electron chi connectivity index (χ3n) is 5.36. The van der Waals surface area contributed by atoms with Gasteiger partial charge in [-0.15, -0.1) is 0 Å². The first-order valence-electron chi connectivity index (χ1n) is 10.5. The molecule has 1 unspecified atom stereocenters. The first-order chi connectivity index (χ1) is 16.1. The van der Waals surface area contributed by atoms with Gasteiger partial charge in [0.15, 0.2) is 0 Å². The lowest BCUT2D eigenvalue weighted by molar-refractivity contribution is -0.192. The van der Waals surface area contributed by atoms with Gasteiger partial charge in [-0.25, -0.2) is 14.6 Å². The maximum Gasteiger partial charge on any atom is 0.490 e. The van der Waals surface area contributed by atoms with Crippen LogP contribution in [-0.4, -0.2) is 61.0 Å². The summed E-state index contributed by atoms with van der Waals surface area (Å²) >= 11 is 0. The molecule has 2 amide bonds. The van der Waals surface area contributed by atoms with E-state index in [2.05, 4.69) is 20.4 Å². The number of aromatic amines is 1. The number of piperidine rings is 1. The summed E-state index contributed by atoms with van der Waals surface area (Å²) in [6.07, 6.45) is 2.28. The van der Waals surface area contributed by atoms with E-state index < -0.39 is 12.1 Å². The minimum Gasteiger partial charge on any atom is -0.475 e. The molecule has 0 aliphatic carbocycles. The van der Waals surface area contributed by atoms with Gasteiger partial charge >= 0.3 is 18.2 Å². The maximum absolute atomic E-state index is 12.9. The number of rotatable bonds is 4. The van der Waals surface area contributed by atoms with Gasteiger partial charge in [0.2, 0.25) is 0 Å². The second-order valence-electron chi connectivity index (χ2n) is 7.75. The van der Waals surface area contributed by atoms with Crippen LogP contribution in [0.5, 0.6) is 0 Å². The third-order valence-corrected chi connectivity index (χ3v) is 5.36. The van der Waals surface area contributed by atoms with Crippen molar-refractivity contribution in [2.45, 2.75) is 31.0 Å². The molecule has 1 atom stereocenters. The van der Waals surface area contributed by atoms with Crippen LogP contribution < -0.4 is 5.32 Å². The van der Waals surface area contributed by atoms with Crippen molar-refractivity contribution < 1.29 is 27.9 Å². The molecule has 9 nitrogen and oxygen atoms in total. The van der Waals surface area contributed by atoms with Crippen LogP contribution in [0.4, 0.5) is 18.0 Å². The minimum atomic E-state index is -5.08. The number of alkyl halides is 3. The maximum atomic E-state index is 12.9.